The molecular weight excluding hydrogens is 304 g/mol. The number of amides is 1. The number of benzene rings is 2. The number of hydrogen-bond acceptors (Lipinski definition) is 4. The second-order valence-corrected chi connectivity index (χ2v) is 4.90. The number of para-hydroxylation sites is 1. The topological polar surface area (TPSA) is 71.3 Å². The molecule has 0 saturated carbocycles. The molecule has 0 bridgehead atoms. The van der Waals surface area contributed by atoms with E-state index in [1.807, 2.05) is 18.2 Å². The first kappa shape index (κ1) is 17.1. The molecule has 2 aromatic carbocycles. The van der Waals surface area contributed by atoms with Gasteiger partial charge in [-0.2, -0.15) is 5.26 Å². The predicted octanol–water partition coefficient (Wildman–Crippen LogP) is 2.91. The lowest BCUT2D eigenvalue weighted by Crippen LogP contribution is -2.20. The molecule has 0 aromatic heterocycles. The number of nitrogens with one attached hydrogen (secondary N) is 1. The monoisotopic (exact) mass is 322 g/mol. The second kappa shape index (κ2) is 8.39. The van der Waals surface area contributed by atoms with Crippen molar-refractivity contribution in [1.82, 2.24) is 5.32 Å². The maximum atomic E-state index is 12.0. The van der Waals surface area contributed by atoms with Gasteiger partial charge in [0.2, 0.25) is 5.91 Å². The van der Waals surface area contributed by atoms with E-state index in [1.54, 1.807) is 44.6 Å². The standard InChI is InChI=1S/C19H18N2O3/c1-23-17-9-5-8-16(19(17)24-2)13-21-18(22)11-10-14-6-3-4-7-15(14)12-20/h3-11H,13H2,1-2H3,(H,21,22)/b11-10+. The third kappa shape index (κ3) is 4.14. The molecule has 0 atom stereocenters. The van der Waals surface area contributed by atoms with Crippen LogP contribution in [-0.4, -0.2) is 20.1 Å². The Bertz CT molecular complexity index is 791. The Morgan fingerprint density at radius 3 is 2.67 bits per heavy atom. The zero-order chi connectivity index (χ0) is 17.4. The maximum absolute atomic E-state index is 12.0. The summed E-state index contributed by atoms with van der Waals surface area (Å²) in [5.74, 6) is 0.953. The summed E-state index contributed by atoms with van der Waals surface area (Å²) in [5.41, 5.74) is 2.04. The van der Waals surface area contributed by atoms with Crippen LogP contribution in [0.3, 0.4) is 0 Å². The van der Waals surface area contributed by atoms with Crippen LogP contribution in [0.1, 0.15) is 16.7 Å². The fourth-order valence-corrected chi connectivity index (χ4v) is 2.24. The van der Waals surface area contributed by atoms with Gasteiger partial charge in [-0.25, -0.2) is 0 Å². The van der Waals surface area contributed by atoms with Gasteiger partial charge in [0.15, 0.2) is 11.5 Å². The number of nitriles is 1. The quantitative estimate of drug-likeness (QED) is 0.830. The molecule has 5 nitrogen and oxygen atoms in total. The largest absolute Gasteiger partial charge is 0.493 e. The van der Waals surface area contributed by atoms with Crippen molar-refractivity contribution in [2.75, 3.05) is 14.2 Å². The lowest BCUT2D eigenvalue weighted by Gasteiger charge is -2.12. The van der Waals surface area contributed by atoms with E-state index in [9.17, 15) is 4.79 Å². The van der Waals surface area contributed by atoms with Crippen molar-refractivity contribution in [3.05, 3.63) is 65.2 Å². The minimum atomic E-state index is -0.257. The average molecular weight is 322 g/mol. The highest BCUT2D eigenvalue weighted by Crippen LogP contribution is 2.30. The van der Waals surface area contributed by atoms with Gasteiger partial charge in [-0.1, -0.05) is 30.3 Å². The Balaban J connectivity index is 2.04. The summed E-state index contributed by atoms with van der Waals surface area (Å²) < 4.78 is 10.6. The van der Waals surface area contributed by atoms with Crippen LogP contribution >= 0.6 is 0 Å². The molecular formula is C19H18N2O3. The lowest BCUT2D eigenvalue weighted by molar-refractivity contribution is -0.116. The van der Waals surface area contributed by atoms with Gasteiger partial charge in [-0.05, 0) is 23.8 Å². The molecule has 0 fully saturated rings. The SMILES string of the molecule is COc1cccc(CNC(=O)/C=C/c2ccccc2C#N)c1OC. The maximum Gasteiger partial charge on any atom is 0.244 e. The molecule has 0 aliphatic carbocycles. The van der Waals surface area contributed by atoms with Gasteiger partial charge < -0.3 is 14.8 Å². The van der Waals surface area contributed by atoms with Crippen LogP contribution in [-0.2, 0) is 11.3 Å². The third-order valence-corrected chi connectivity index (χ3v) is 3.43. The molecule has 0 aliphatic heterocycles. The van der Waals surface area contributed by atoms with E-state index in [2.05, 4.69) is 11.4 Å². The Labute approximate surface area is 141 Å². The number of ether oxygens (including phenoxy) is 2. The normalized spacial score (nSPS) is 10.2. The molecule has 0 radical (unpaired) electrons. The third-order valence-electron chi connectivity index (χ3n) is 3.43. The van der Waals surface area contributed by atoms with E-state index < -0.39 is 0 Å². The molecule has 0 aliphatic rings. The van der Waals surface area contributed by atoms with E-state index in [0.717, 1.165) is 5.56 Å². The van der Waals surface area contributed by atoms with Crippen molar-refractivity contribution in [2.45, 2.75) is 6.54 Å². The second-order valence-electron chi connectivity index (χ2n) is 4.90. The summed E-state index contributed by atoms with van der Waals surface area (Å²) in [5, 5.41) is 11.8. The average Bonchev–Trinajstić information content (AvgIpc) is 2.64. The van der Waals surface area contributed by atoms with Gasteiger partial charge in [-0.3, -0.25) is 4.79 Å². The first-order valence-electron chi connectivity index (χ1n) is 7.34. The molecule has 0 saturated heterocycles. The lowest BCUT2D eigenvalue weighted by atomic mass is 10.1. The molecule has 5 heteroatoms. The summed E-state index contributed by atoms with van der Waals surface area (Å²) >= 11 is 0. The van der Waals surface area contributed by atoms with E-state index in [4.69, 9.17) is 14.7 Å². The van der Waals surface area contributed by atoms with Gasteiger partial charge in [0.1, 0.15) is 0 Å². The summed E-state index contributed by atoms with van der Waals surface area (Å²) in [4.78, 5) is 12.0. The Hall–Kier alpha value is -3.26. The van der Waals surface area contributed by atoms with Crippen molar-refractivity contribution in [1.29, 1.82) is 5.26 Å². The Morgan fingerprint density at radius 2 is 1.96 bits per heavy atom. The number of carbonyl (C=O) groups excluding carboxylic acids is 1. The zero-order valence-corrected chi connectivity index (χ0v) is 13.6. The molecule has 2 aromatic rings. The van der Waals surface area contributed by atoms with E-state index in [0.29, 0.717) is 29.2 Å². The van der Waals surface area contributed by atoms with E-state index in [-0.39, 0.29) is 5.91 Å². The molecule has 0 spiro atoms. The fraction of sp³-hybridized carbons (Fsp3) is 0.158. The first-order valence-corrected chi connectivity index (χ1v) is 7.34. The highest BCUT2D eigenvalue weighted by molar-refractivity contribution is 5.92. The summed E-state index contributed by atoms with van der Waals surface area (Å²) in [6.45, 7) is 0.309. The van der Waals surface area contributed by atoms with Crippen LogP contribution in [0.5, 0.6) is 11.5 Å². The number of methoxy groups -OCH3 is 2. The zero-order valence-electron chi connectivity index (χ0n) is 13.6. The van der Waals surface area contributed by atoms with Crippen molar-refractivity contribution in [3.8, 4) is 17.6 Å². The van der Waals surface area contributed by atoms with Crippen molar-refractivity contribution in [2.24, 2.45) is 0 Å². The molecule has 2 rings (SSSR count). The summed E-state index contributed by atoms with van der Waals surface area (Å²) in [7, 11) is 3.12. The first-order chi connectivity index (χ1) is 11.7. The Morgan fingerprint density at radius 1 is 1.17 bits per heavy atom. The predicted molar refractivity (Wildman–Crippen MR) is 91.6 cm³/mol. The van der Waals surface area contributed by atoms with Crippen molar-refractivity contribution < 1.29 is 14.3 Å². The fourth-order valence-electron chi connectivity index (χ4n) is 2.24. The van der Waals surface area contributed by atoms with E-state index >= 15 is 0 Å². The smallest absolute Gasteiger partial charge is 0.244 e. The molecule has 122 valence electrons. The van der Waals surface area contributed by atoms with E-state index in [1.165, 1.54) is 6.08 Å². The highest BCUT2D eigenvalue weighted by atomic mass is 16.5. The molecule has 0 heterocycles. The Kier molecular flexibility index (Phi) is 5.98. The van der Waals surface area contributed by atoms with Gasteiger partial charge >= 0.3 is 0 Å². The highest BCUT2D eigenvalue weighted by Gasteiger charge is 2.09. The van der Waals surface area contributed by atoms with Crippen LogP contribution in [0.4, 0.5) is 0 Å². The minimum absolute atomic E-state index is 0.257. The number of nitrogens with zero attached hydrogens (tertiary/aromatic N) is 1. The van der Waals surface area contributed by atoms with Gasteiger partial charge in [0.05, 0.1) is 25.9 Å². The van der Waals surface area contributed by atoms with Gasteiger partial charge in [-0.15, -0.1) is 0 Å². The van der Waals surface area contributed by atoms with Crippen LogP contribution in [0.25, 0.3) is 6.08 Å². The van der Waals surface area contributed by atoms with Gasteiger partial charge in [0.25, 0.3) is 0 Å². The molecule has 0 unspecified atom stereocenters. The summed E-state index contributed by atoms with van der Waals surface area (Å²) in [6.07, 6.45) is 3.03. The molecule has 1 amide bonds. The van der Waals surface area contributed by atoms with Crippen molar-refractivity contribution >= 4 is 12.0 Å². The van der Waals surface area contributed by atoms with Crippen LogP contribution in [0.2, 0.25) is 0 Å². The molecule has 1 N–H and O–H groups in total. The van der Waals surface area contributed by atoms with Gasteiger partial charge in [0, 0.05) is 18.2 Å². The number of carbonyl (C=O) groups is 1. The van der Waals surface area contributed by atoms with Crippen LogP contribution in [0, 0.1) is 11.3 Å². The number of rotatable bonds is 6. The summed E-state index contributed by atoms with van der Waals surface area (Å²) in [6, 6.07) is 14.7. The number of hydrogen-bond donors (Lipinski definition) is 1. The van der Waals surface area contributed by atoms with Crippen LogP contribution < -0.4 is 14.8 Å². The minimum Gasteiger partial charge on any atom is -0.493 e. The van der Waals surface area contributed by atoms with Crippen molar-refractivity contribution in [3.63, 3.8) is 0 Å². The van der Waals surface area contributed by atoms with Crippen LogP contribution in [0.15, 0.2) is 48.5 Å². The molecule has 24 heavy (non-hydrogen) atoms.